The van der Waals surface area contributed by atoms with Gasteiger partial charge < -0.3 is 15.0 Å². The molecule has 1 aliphatic heterocycles. The molecule has 9 nitrogen and oxygen atoms in total. The molecule has 204 valence electrons. The molecule has 2 amide bonds. The third kappa shape index (κ3) is 6.39. The van der Waals surface area contributed by atoms with Crippen LogP contribution in [0, 0.1) is 19.7 Å². The molecule has 10 heteroatoms. The second kappa shape index (κ2) is 12.0. The van der Waals surface area contributed by atoms with Crippen molar-refractivity contribution in [1.82, 2.24) is 20.4 Å². The quantitative estimate of drug-likeness (QED) is 0.429. The van der Waals surface area contributed by atoms with Gasteiger partial charge in [-0.05, 0) is 80.6 Å². The van der Waals surface area contributed by atoms with Crippen molar-refractivity contribution in [3.63, 3.8) is 0 Å². The zero-order valence-electron chi connectivity index (χ0n) is 22.1. The number of carbonyl (C=O) groups is 3. The van der Waals surface area contributed by atoms with Gasteiger partial charge in [-0.15, -0.1) is 0 Å². The van der Waals surface area contributed by atoms with Crippen LogP contribution in [-0.4, -0.2) is 52.1 Å². The Bertz CT molecular complexity index is 1450. The molecule has 2 atom stereocenters. The van der Waals surface area contributed by atoms with Gasteiger partial charge in [0.15, 0.2) is 0 Å². The summed E-state index contributed by atoms with van der Waals surface area (Å²) in [5, 5.41) is 9.00. The third-order valence-corrected chi connectivity index (χ3v) is 6.86. The van der Waals surface area contributed by atoms with Crippen molar-refractivity contribution < 1.29 is 23.5 Å². The number of amides is 2. The fraction of sp³-hybridized carbons (Fsp3) is 0.345. The topological polar surface area (TPSA) is 121 Å². The van der Waals surface area contributed by atoms with Gasteiger partial charge in [0.05, 0.1) is 24.9 Å². The van der Waals surface area contributed by atoms with E-state index >= 15 is 0 Å². The third-order valence-electron chi connectivity index (χ3n) is 6.86. The van der Waals surface area contributed by atoms with Crippen molar-refractivity contribution in [3.8, 4) is 0 Å². The van der Waals surface area contributed by atoms with E-state index in [0.29, 0.717) is 41.6 Å². The van der Waals surface area contributed by atoms with Gasteiger partial charge >= 0.3 is 5.97 Å². The van der Waals surface area contributed by atoms with Crippen molar-refractivity contribution in [3.05, 3.63) is 98.2 Å². The van der Waals surface area contributed by atoms with E-state index in [1.54, 1.807) is 50.2 Å². The highest BCUT2D eigenvalue weighted by Gasteiger charge is 2.42. The summed E-state index contributed by atoms with van der Waals surface area (Å²) in [7, 11) is 0. The van der Waals surface area contributed by atoms with Gasteiger partial charge in [0.2, 0.25) is 5.91 Å². The van der Waals surface area contributed by atoms with Gasteiger partial charge in [-0.2, -0.15) is 5.10 Å². The lowest BCUT2D eigenvalue weighted by Gasteiger charge is -2.29. The van der Waals surface area contributed by atoms with Crippen molar-refractivity contribution in [2.24, 2.45) is 0 Å². The number of carbonyl (C=O) groups excluding carboxylic acids is 3. The Hall–Kier alpha value is -4.34. The summed E-state index contributed by atoms with van der Waals surface area (Å²) in [6.07, 6.45) is 1.23. The first-order valence-electron chi connectivity index (χ1n) is 12.8. The SMILES string of the molecule is CCOC(=O)[C@H]1CC[C@@H](c2cccc(F)c2)N1C(=O)CNC(=O)c1ccc(Cc2cc(C)n[nH]c2=O)c(C)c1. The van der Waals surface area contributed by atoms with Crippen LogP contribution in [0.15, 0.2) is 53.3 Å². The van der Waals surface area contributed by atoms with Crippen molar-refractivity contribution in [2.75, 3.05) is 13.2 Å². The Morgan fingerprint density at radius 1 is 1.10 bits per heavy atom. The molecule has 0 aliphatic carbocycles. The molecule has 39 heavy (non-hydrogen) atoms. The number of nitrogens with zero attached hydrogens (tertiary/aromatic N) is 2. The number of H-pyrrole nitrogens is 1. The van der Waals surface area contributed by atoms with Crippen molar-refractivity contribution >= 4 is 17.8 Å². The van der Waals surface area contributed by atoms with Crippen LogP contribution in [0.5, 0.6) is 0 Å². The van der Waals surface area contributed by atoms with E-state index in [0.717, 1.165) is 11.1 Å². The highest BCUT2D eigenvalue weighted by atomic mass is 19.1. The first-order chi connectivity index (χ1) is 18.7. The summed E-state index contributed by atoms with van der Waals surface area (Å²) in [4.78, 5) is 52.3. The van der Waals surface area contributed by atoms with Gasteiger partial charge in [-0.25, -0.2) is 14.3 Å². The molecule has 4 rings (SSSR count). The second-order valence-electron chi connectivity index (χ2n) is 9.58. The molecule has 2 N–H and O–H groups in total. The van der Waals surface area contributed by atoms with Crippen LogP contribution in [0.1, 0.15) is 64.1 Å². The molecular formula is C29H31FN4O5. The van der Waals surface area contributed by atoms with Crippen LogP contribution in [0.4, 0.5) is 4.39 Å². The molecule has 0 spiro atoms. The molecule has 0 saturated carbocycles. The second-order valence-corrected chi connectivity index (χ2v) is 9.58. The van der Waals surface area contributed by atoms with E-state index in [2.05, 4.69) is 15.5 Å². The molecule has 1 aromatic heterocycles. The lowest BCUT2D eigenvalue weighted by molar-refractivity contribution is -0.154. The molecule has 0 radical (unpaired) electrons. The van der Waals surface area contributed by atoms with E-state index in [9.17, 15) is 23.6 Å². The number of nitrogens with one attached hydrogen (secondary N) is 2. The minimum atomic E-state index is -0.816. The van der Waals surface area contributed by atoms with Gasteiger partial charge in [-0.3, -0.25) is 14.4 Å². The van der Waals surface area contributed by atoms with Gasteiger partial charge in [0.25, 0.3) is 11.5 Å². The number of likely N-dealkylation sites (tertiary alicyclic amines) is 1. The number of aromatic nitrogens is 2. The number of rotatable bonds is 8. The lowest BCUT2D eigenvalue weighted by Crippen LogP contribution is -2.47. The highest BCUT2D eigenvalue weighted by Crippen LogP contribution is 2.37. The van der Waals surface area contributed by atoms with E-state index in [4.69, 9.17) is 4.74 Å². The van der Waals surface area contributed by atoms with Gasteiger partial charge in [0, 0.05) is 17.5 Å². The maximum atomic E-state index is 13.9. The summed E-state index contributed by atoms with van der Waals surface area (Å²) in [5.74, 6) is -1.88. The van der Waals surface area contributed by atoms with E-state index in [1.807, 2.05) is 6.92 Å². The average molecular weight is 535 g/mol. The van der Waals surface area contributed by atoms with Crippen molar-refractivity contribution in [1.29, 1.82) is 0 Å². The molecule has 0 bridgehead atoms. The average Bonchev–Trinajstić information content (AvgIpc) is 3.36. The maximum absolute atomic E-state index is 13.9. The zero-order valence-corrected chi connectivity index (χ0v) is 22.1. The van der Waals surface area contributed by atoms with Crippen LogP contribution in [0.3, 0.4) is 0 Å². The summed E-state index contributed by atoms with van der Waals surface area (Å²) in [6.45, 7) is 5.15. The first-order valence-corrected chi connectivity index (χ1v) is 12.8. The Balaban J connectivity index is 1.47. The first kappa shape index (κ1) is 27.7. The summed E-state index contributed by atoms with van der Waals surface area (Å²) < 4.78 is 19.1. The number of ether oxygens (including phenoxy) is 1. The minimum Gasteiger partial charge on any atom is -0.464 e. The molecule has 1 saturated heterocycles. The minimum absolute atomic E-state index is 0.170. The number of esters is 1. The van der Waals surface area contributed by atoms with E-state index < -0.39 is 35.7 Å². The Morgan fingerprint density at radius 3 is 2.62 bits per heavy atom. The Morgan fingerprint density at radius 2 is 1.90 bits per heavy atom. The fourth-order valence-corrected chi connectivity index (χ4v) is 4.95. The predicted molar refractivity (Wildman–Crippen MR) is 142 cm³/mol. The number of halogens is 1. The number of hydrogen-bond donors (Lipinski definition) is 2. The van der Waals surface area contributed by atoms with Gasteiger partial charge in [-0.1, -0.05) is 18.2 Å². The number of aromatic amines is 1. The predicted octanol–water partition coefficient (Wildman–Crippen LogP) is 3.14. The normalized spacial score (nSPS) is 16.7. The largest absolute Gasteiger partial charge is 0.464 e. The highest BCUT2D eigenvalue weighted by molar-refractivity contribution is 5.97. The van der Waals surface area contributed by atoms with E-state index in [-0.39, 0.29) is 18.7 Å². The summed E-state index contributed by atoms with van der Waals surface area (Å²) in [5.41, 5.74) is 3.64. The molecule has 2 heterocycles. The van der Waals surface area contributed by atoms with E-state index in [1.165, 1.54) is 17.0 Å². The number of benzene rings is 2. The number of hydrogen-bond acceptors (Lipinski definition) is 6. The fourth-order valence-electron chi connectivity index (χ4n) is 4.95. The van der Waals surface area contributed by atoms with Crippen LogP contribution in [0.25, 0.3) is 0 Å². The molecule has 3 aromatic rings. The lowest BCUT2D eigenvalue weighted by atomic mass is 9.99. The monoisotopic (exact) mass is 534 g/mol. The standard InChI is InChI=1S/C29H31FN4O5/c1-4-39-29(38)25-11-10-24(20-6-5-7-23(30)15-20)34(25)26(35)16-31-27(36)21-9-8-19(17(2)12-21)14-22-13-18(3)32-33-28(22)37/h5-9,12-13,15,24-25H,4,10-11,14,16H2,1-3H3,(H,31,36)(H,33,37)/t24-,25+/m0/s1. The zero-order chi connectivity index (χ0) is 28.1. The number of aryl methyl sites for hydroxylation is 2. The molecule has 1 fully saturated rings. The van der Waals surface area contributed by atoms with Crippen LogP contribution >= 0.6 is 0 Å². The molecule has 1 aliphatic rings. The molecular weight excluding hydrogens is 503 g/mol. The molecule has 2 aromatic carbocycles. The summed E-state index contributed by atoms with van der Waals surface area (Å²) in [6, 6.07) is 11.4. The smallest absolute Gasteiger partial charge is 0.328 e. The van der Waals surface area contributed by atoms with Gasteiger partial charge in [0.1, 0.15) is 11.9 Å². The Labute approximate surface area is 225 Å². The van der Waals surface area contributed by atoms with Crippen LogP contribution in [0.2, 0.25) is 0 Å². The van der Waals surface area contributed by atoms with Crippen molar-refractivity contribution in [2.45, 2.75) is 52.1 Å². The van der Waals surface area contributed by atoms with Crippen LogP contribution < -0.4 is 10.9 Å². The Kier molecular flexibility index (Phi) is 8.53. The maximum Gasteiger partial charge on any atom is 0.328 e. The molecule has 0 unspecified atom stereocenters. The van der Waals surface area contributed by atoms with Crippen LogP contribution in [-0.2, 0) is 20.7 Å². The summed E-state index contributed by atoms with van der Waals surface area (Å²) >= 11 is 0.